The van der Waals surface area contributed by atoms with Crippen LogP contribution in [0.4, 0.5) is 0 Å². The van der Waals surface area contributed by atoms with E-state index in [9.17, 15) is 136 Å². The Morgan fingerprint density at radius 2 is 0.619 bits per heavy atom. The molecule has 0 bridgehead atoms. The number of phenolic OH excluding ortho intramolecular Hbond substituents is 2. The maximum Gasteiger partial charge on any atom is 0.326 e. The topological polar surface area (TPSA) is 861 Å². The smallest absolute Gasteiger partial charge is 0.326 e. The van der Waals surface area contributed by atoms with Crippen LogP contribution in [0.1, 0.15) is 148 Å². The van der Waals surface area contributed by atoms with Crippen LogP contribution in [0.15, 0.2) is 78.9 Å². The van der Waals surface area contributed by atoms with Gasteiger partial charge in [-0.2, -0.15) is 0 Å². The number of hydrogen-bond donors (Lipinski definition) is 29. The number of aliphatic carboxylic acids is 3. The van der Waals surface area contributed by atoms with E-state index in [1.54, 1.807) is 58.0 Å². The van der Waals surface area contributed by atoms with Crippen LogP contribution in [-0.2, 0) is 120 Å². The molecular formula is C84H124N22O28. The molecule has 3 rings (SSSR count). The second-order valence-corrected chi connectivity index (χ2v) is 32.7. The number of amides is 18. The molecule has 0 aliphatic rings. The van der Waals surface area contributed by atoms with Crippen LogP contribution >= 0.6 is 0 Å². The highest BCUT2D eigenvalue weighted by atomic mass is 16.4. The van der Waals surface area contributed by atoms with Crippen molar-refractivity contribution >= 4 is 130 Å². The number of hydrogen-bond acceptors (Lipinski definition) is 27. The molecule has 3 aromatic rings. The molecule has 15 atom stereocenters. The summed E-state index contributed by atoms with van der Waals surface area (Å²) in [4.78, 5) is 284. The summed E-state index contributed by atoms with van der Waals surface area (Å²) in [5, 5.41) is 113. The standard InChI is InChI=1S/C84H124N22O28/c1-40(2)31-54(75(125)97-51(23-27-63(87)112)72(122)96-53(25-29-66(115)116)74(124)104-61(39-108)81(131)101-58(37-65(89)114)79(129)106-68(42(5)6)82(132)102-55(32-41(3)4)76(126)103-59(83(133)134)35-45-16-20-47(110)21-17-45)98-77(127)56(33-43-11-8-7-9-12-43)99-70(120)49(13-10-30-92-84(90)91)94-80(130)60(38-107)105-78(128)57(34-44-14-18-46(109)19-15-44)100-73(123)52(24-28-64(88)113)95-71(121)50(22-26-62(86)111)93-69(119)48(85)36-67(117)118/h7-9,11-12,14-21,40-42,48-61,68,107-110H,10,13,22-39,85H2,1-6H3,(H2,86,111)(H2,87,112)(H2,88,113)(H2,89,114)(H,93,119)(H,94,130)(H,95,121)(H,96,122)(H,97,125)(H,98,127)(H,99,120)(H,100,123)(H,101,131)(H,102,132)(H,103,126)(H,104,124)(H,105,128)(H,106,129)(H,115,116)(H,117,118)(H,133,134)(H4,90,91,92)/t48-,49-,50-,51-,52-,53-,54-,55-,56-,57-,58-,59-,60-,61-,68-/m0/s1. The van der Waals surface area contributed by atoms with Gasteiger partial charge in [-0.3, -0.25) is 101 Å². The number of carbonyl (C=O) groups is 21. The zero-order valence-corrected chi connectivity index (χ0v) is 74.7. The van der Waals surface area contributed by atoms with Gasteiger partial charge in [-0.25, -0.2) is 4.79 Å². The van der Waals surface area contributed by atoms with Crippen molar-refractivity contribution in [2.24, 2.45) is 52.2 Å². The van der Waals surface area contributed by atoms with Gasteiger partial charge in [-0.05, 0) is 110 Å². The lowest BCUT2D eigenvalue weighted by atomic mass is 9.98. The van der Waals surface area contributed by atoms with Gasteiger partial charge in [0, 0.05) is 51.5 Å². The van der Waals surface area contributed by atoms with Crippen LogP contribution in [0.5, 0.6) is 11.5 Å². The number of nitrogens with one attached hydrogen (secondary N) is 16. The van der Waals surface area contributed by atoms with Crippen LogP contribution < -0.4 is 114 Å². The van der Waals surface area contributed by atoms with E-state index in [4.69, 9.17) is 39.8 Å². The van der Waals surface area contributed by atoms with Crippen LogP contribution in [0, 0.1) is 23.2 Å². The average Bonchev–Trinajstić information content (AvgIpc) is 0.825. The second-order valence-electron chi connectivity index (χ2n) is 32.7. The third kappa shape index (κ3) is 42.9. The zero-order valence-electron chi connectivity index (χ0n) is 74.7. The van der Waals surface area contributed by atoms with Crippen molar-refractivity contribution < 1.29 is 136 Å². The fourth-order valence-electron chi connectivity index (χ4n) is 13.0. The first kappa shape index (κ1) is 113. The molecule has 50 heteroatoms. The summed E-state index contributed by atoms with van der Waals surface area (Å²) >= 11 is 0. The van der Waals surface area contributed by atoms with Gasteiger partial charge in [0.25, 0.3) is 0 Å². The van der Waals surface area contributed by atoms with Gasteiger partial charge >= 0.3 is 17.9 Å². The summed E-state index contributed by atoms with van der Waals surface area (Å²) in [6.07, 6.45) is -9.17. The first-order valence-electron chi connectivity index (χ1n) is 42.6. The average molecular weight is 1890 g/mol. The number of primary amides is 4. The Labute approximate surface area is 769 Å². The van der Waals surface area contributed by atoms with Crippen LogP contribution in [0.25, 0.3) is 0 Å². The van der Waals surface area contributed by atoms with Crippen molar-refractivity contribution in [2.75, 3.05) is 19.8 Å². The van der Waals surface area contributed by atoms with Crippen molar-refractivity contribution in [1.82, 2.24) is 79.8 Å². The zero-order chi connectivity index (χ0) is 101. The van der Waals surface area contributed by atoms with Crippen molar-refractivity contribution in [3.8, 4) is 11.5 Å². The molecule has 0 aromatic heterocycles. The van der Waals surface area contributed by atoms with Gasteiger partial charge in [0.05, 0.1) is 32.1 Å². The quantitative estimate of drug-likeness (QED) is 0.0142. The Balaban J connectivity index is 2.01. The van der Waals surface area contributed by atoms with Crippen molar-refractivity contribution in [1.29, 1.82) is 5.41 Å². The van der Waals surface area contributed by atoms with E-state index in [1.807, 2.05) is 0 Å². The first-order valence-corrected chi connectivity index (χ1v) is 42.6. The summed E-state index contributed by atoms with van der Waals surface area (Å²) in [6.45, 7) is 6.85. The van der Waals surface area contributed by atoms with E-state index in [0.29, 0.717) is 11.1 Å². The molecule has 0 unspecified atom stereocenters. The van der Waals surface area contributed by atoms with Crippen molar-refractivity contribution in [3.63, 3.8) is 0 Å². The van der Waals surface area contributed by atoms with Crippen LogP contribution in [0.3, 0.4) is 0 Å². The molecule has 35 N–H and O–H groups in total. The summed E-state index contributed by atoms with van der Waals surface area (Å²) < 4.78 is 0. The van der Waals surface area contributed by atoms with Gasteiger partial charge in [0.15, 0.2) is 5.96 Å². The summed E-state index contributed by atoms with van der Waals surface area (Å²) in [7, 11) is 0. The highest BCUT2D eigenvalue weighted by Crippen LogP contribution is 2.19. The molecule has 0 saturated carbocycles. The SMILES string of the molecule is CC(C)C[C@H](NC(=O)[C@H](Cc1ccccc1)NC(=O)[C@H](CCCNC(=N)N)NC(=O)[C@H](CO)NC(=O)[C@H](Cc1ccc(O)cc1)NC(=O)[C@H](CCC(N)=O)NC(=O)[C@H](CCC(N)=O)NC(=O)[C@@H](N)CC(=O)O)C(=O)N[C@@H](CCC(N)=O)C(=O)N[C@@H](CCC(=O)O)C(=O)N[C@@H](CO)C(=O)N[C@@H](CC(N)=O)C(=O)N[C@H](C(=O)N[C@@H](CC(C)C)C(=O)N[C@@H](Cc1ccc(O)cc1)C(=O)O)C(C)C. The molecule has 0 spiro atoms. The highest BCUT2D eigenvalue weighted by molar-refractivity contribution is 6.02. The molecule has 18 amide bonds. The number of nitrogens with two attached hydrogens (primary N) is 6. The number of guanidine groups is 1. The molecule has 3 aromatic carbocycles. The van der Waals surface area contributed by atoms with E-state index in [1.165, 1.54) is 62.4 Å². The molecule has 50 nitrogen and oxygen atoms in total. The molecular weight excluding hydrogens is 1770 g/mol. The van der Waals surface area contributed by atoms with Gasteiger partial charge in [-0.1, -0.05) is 96.1 Å². The molecule has 0 heterocycles. The lowest BCUT2D eigenvalue weighted by Crippen LogP contribution is -2.62. The Kier molecular flexibility index (Phi) is 48.6. The lowest BCUT2D eigenvalue weighted by Gasteiger charge is -2.29. The molecule has 738 valence electrons. The number of aliphatic hydroxyl groups is 2. The van der Waals surface area contributed by atoms with E-state index in [2.05, 4.69) is 79.8 Å². The fraction of sp³-hybridized carbons (Fsp3) is 0.524. The first-order chi connectivity index (χ1) is 62.9. The van der Waals surface area contributed by atoms with Gasteiger partial charge < -0.3 is 150 Å². The number of benzene rings is 3. The molecule has 0 saturated heterocycles. The number of aromatic hydroxyl groups is 2. The Morgan fingerprint density at radius 3 is 0.963 bits per heavy atom. The molecule has 134 heavy (non-hydrogen) atoms. The largest absolute Gasteiger partial charge is 0.508 e. The normalized spacial score (nSPS) is 14.4. The summed E-state index contributed by atoms with van der Waals surface area (Å²) in [5.41, 5.74) is 33.9. The predicted octanol–water partition coefficient (Wildman–Crippen LogP) is -8.67. The van der Waals surface area contributed by atoms with Gasteiger partial charge in [0.2, 0.25) is 106 Å². The Bertz CT molecular complexity index is 4600. The third-order valence-corrected chi connectivity index (χ3v) is 20.1. The lowest BCUT2D eigenvalue weighted by molar-refractivity contribution is -0.142. The Hall–Kier alpha value is -14.7. The van der Waals surface area contributed by atoms with E-state index < -0.39 is 317 Å². The number of rotatable bonds is 62. The summed E-state index contributed by atoms with van der Waals surface area (Å²) in [5.74, 6) is -28.1. The Morgan fingerprint density at radius 1 is 0.321 bits per heavy atom. The van der Waals surface area contributed by atoms with Gasteiger partial charge in [-0.15, -0.1) is 0 Å². The molecule has 0 aliphatic heterocycles. The second kappa shape index (κ2) is 57.5. The molecule has 0 radical (unpaired) electrons. The number of carbonyl (C=O) groups excluding carboxylic acids is 18. The molecule has 0 fully saturated rings. The maximum atomic E-state index is 15.0. The maximum absolute atomic E-state index is 15.0. The van der Waals surface area contributed by atoms with Crippen LogP contribution in [0.2, 0.25) is 0 Å². The number of phenols is 2. The van der Waals surface area contributed by atoms with Crippen molar-refractivity contribution in [2.45, 2.75) is 241 Å². The van der Waals surface area contributed by atoms with E-state index in [0.717, 1.165) is 0 Å². The highest BCUT2D eigenvalue weighted by Gasteiger charge is 2.40. The van der Waals surface area contributed by atoms with E-state index >= 15 is 0 Å². The fourth-order valence-corrected chi connectivity index (χ4v) is 13.0. The number of aliphatic hydroxyl groups excluding tert-OH is 2. The van der Waals surface area contributed by atoms with Crippen LogP contribution in [-0.4, -0.2) is 276 Å². The minimum Gasteiger partial charge on any atom is -0.508 e. The monoisotopic (exact) mass is 1890 g/mol. The minimum atomic E-state index is -2.12. The summed E-state index contributed by atoms with van der Waals surface area (Å²) in [6, 6.07) is -8.49. The predicted molar refractivity (Wildman–Crippen MR) is 472 cm³/mol. The van der Waals surface area contributed by atoms with Gasteiger partial charge in [0.1, 0.15) is 96.1 Å². The number of carboxylic acids is 3. The van der Waals surface area contributed by atoms with E-state index in [-0.39, 0.29) is 68.1 Å². The minimum absolute atomic E-state index is 0.0578. The third-order valence-electron chi connectivity index (χ3n) is 20.1. The number of carboxylic acid groups (broad SMARTS) is 3. The molecule has 0 aliphatic carbocycles. The van der Waals surface area contributed by atoms with Crippen molar-refractivity contribution in [3.05, 3.63) is 95.6 Å².